The quantitative estimate of drug-likeness (QED) is 0.506. The van der Waals surface area contributed by atoms with Crippen molar-refractivity contribution >= 4 is 11.8 Å². The number of rotatable bonds is 1. The third-order valence-electron chi connectivity index (χ3n) is 1.60. The summed E-state index contributed by atoms with van der Waals surface area (Å²) in [6, 6.07) is 0. The van der Waals surface area contributed by atoms with Gasteiger partial charge < -0.3 is 4.85 Å². The summed E-state index contributed by atoms with van der Waals surface area (Å²) in [6.07, 6.45) is 2.61. The second kappa shape index (κ2) is 3.79. The zero-order chi connectivity index (χ0) is 6.53. The van der Waals surface area contributed by atoms with Crippen molar-refractivity contribution in [3.63, 3.8) is 0 Å². The molecule has 0 bridgehead atoms. The molecule has 1 unspecified atom stereocenters. The Bertz CT molecular complexity index is 111. The van der Waals surface area contributed by atoms with Crippen molar-refractivity contribution in [2.75, 3.05) is 18.1 Å². The maximum Gasteiger partial charge on any atom is 0.218 e. The zero-order valence-corrected chi connectivity index (χ0v) is 6.28. The summed E-state index contributed by atoms with van der Waals surface area (Å²) in [7, 11) is 0. The third-order valence-corrected chi connectivity index (χ3v) is 2.89. The molecule has 1 aliphatic rings. The number of hydrogen-bond acceptors (Lipinski definition) is 1. The largest absolute Gasteiger partial charge is 0.317 e. The van der Waals surface area contributed by atoms with Crippen LogP contribution in [-0.2, 0) is 0 Å². The molecule has 0 aliphatic carbocycles. The van der Waals surface area contributed by atoms with Crippen LogP contribution in [0.2, 0.25) is 0 Å². The van der Waals surface area contributed by atoms with E-state index in [0.29, 0.717) is 5.92 Å². The lowest BCUT2D eigenvalue weighted by atomic mass is 10.1. The molecule has 1 saturated heterocycles. The van der Waals surface area contributed by atoms with Gasteiger partial charge in [-0.3, -0.25) is 0 Å². The highest BCUT2D eigenvalue weighted by Crippen LogP contribution is 2.22. The first-order chi connectivity index (χ1) is 4.43. The van der Waals surface area contributed by atoms with Gasteiger partial charge in [-0.15, -0.1) is 0 Å². The Morgan fingerprint density at radius 2 is 2.56 bits per heavy atom. The maximum atomic E-state index is 6.65. The topological polar surface area (TPSA) is 4.36 Å². The van der Waals surface area contributed by atoms with E-state index in [9.17, 15) is 0 Å². The second-order valence-electron chi connectivity index (χ2n) is 2.42. The highest BCUT2D eigenvalue weighted by atomic mass is 32.2. The summed E-state index contributed by atoms with van der Waals surface area (Å²) >= 11 is 2.00. The van der Waals surface area contributed by atoms with Crippen LogP contribution >= 0.6 is 11.8 Å². The van der Waals surface area contributed by atoms with Gasteiger partial charge in [-0.05, 0) is 18.6 Å². The predicted octanol–water partition coefficient (Wildman–Crippen LogP) is 2.05. The van der Waals surface area contributed by atoms with Gasteiger partial charge in [0, 0.05) is 11.7 Å². The molecule has 0 aromatic carbocycles. The number of nitrogens with zero attached hydrogens (tertiary/aromatic N) is 1. The zero-order valence-electron chi connectivity index (χ0n) is 5.47. The standard InChI is InChI=1S/C7H11NS/c1-8-5-7-3-2-4-9-6-7/h7H,2-6H2. The van der Waals surface area contributed by atoms with Crippen molar-refractivity contribution in [3.8, 4) is 0 Å². The van der Waals surface area contributed by atoms with E-state index in [1.54, 1.807) is 0 Å². The van der Waals surface area contributed by atoms with Gasteiger partial charge in [-0.2, -0.15) is 11.8 Å². The minimum atomic E-state index is 0.709. The van der Waals surface area contributed by atoms with Crippen molar-refractivity contribution in [3.05, 3.63) is 11.4 Å². The Labute approximate surface area is 60.6 Å². The van der Waals surface area contributed by atoms with Crippen LogP contribution in [0.3, 0.4) is 0 Å². The summed E-state index contributed by atoms with van der Waals surface area (Å²) in [5.41, 5.74) is 0. The molecule has 1 rings (SSSR count). The van der Waals surface area contributed by atoms with Crippen LogP contribution < -0.4 is 0 Å². The molecule has 0 aromatic heterocycles. The van der Waals surface area contributed by atoms with E-state index in [2.05, 4.69) is 4.85 Å². The van der Waals surface area contributed by atoms with E-state index in [0.717, 1.165) is 6.54 Å². The molecule has 0 aromatic rings. The smallest absolute Gasteiger partial charge is 0.218 e. The first-order valence-corrected chi connectivity index (χ1v) is 4.50. The molecule has 50 valence electrons. The first kappa shape index (κ1) is 6.95. The molecule has 0 N–H and O–H groups in total. The Morgan fingerprint density at radius 1 is 1.67 bits per heavy atom. The van der Waals surface area contributed by atoms with Gasteiger partial charge in [-0.1, -0.05) is 0 Å². The second-order valence-corrected chi connectivity index (χ2v) is 3.57. The lowest BCUT2D eigenvalue weighted by Crippen LogP contribution is -2.12. The fourth-order valence-corrected chi connectivity index (χ4v) is 2.22. The van der Waals surface area contributed by atoms with Crippen LogP contribution in [0, 0.1) is 12.5 Å². The highest BCUT2D eigenvalue weighted by Gasteiger charge is 2.15. The number of thioether (sulfide) groups is 1. The fraction of sp³-hybridized carbons (Fsp3) is 0.857. The normalized spacial score (nSPS) is 27.2. The predicted molar refractivity (Wildman–Crippen MR) is 41.5 cm³/mol. The van der Waals surface area contributed by atoms with Crippen LogP contribution in [0.1, 0.15) is 12.8 Å². The molecular weight excluding hydrogens is 130 g/mol. The Hall–Kier alpha value is -0.160. The van der Waals surface area contributed by atoms with E-state index in [-0.39, 0.29) is 0 Å². The molecule has 0 radical (unpaired) electrons. The molecule has 0 amide bonds. The van der Waals surface area contributed by atoms with Gasteiger partial charge in [0.25, 0.3) is 0 Å². The lowest BCUT2D eigenvalue weighted by molar-refractivity contribution is 0.560. The molecule has 2 heteroatoms. The fourth-order valence-electron chi connectivity index (χ4n) is 1.08. The van der Waals surface area contributed by atoms with Crippen molar-refractivity contribution in [1.29, 1.82) is 0 Å². The van der Waals surface area contributed by atoms with Gasteiger partial charge in [0.2, 0.25) is 6.54 Å². The van der Waals surface area contributed by atoms with Crippen LogP contribution in [0.4, 0.5) is 0 Å². The first-order valence-electron chi connectivity index (χ1n) is 3.34. The minimum absolute atomic E-state index is 0.709. The Morgan fingerprint density at radius 3 is 3.11 bits per heavy atom. The average molecular weight is 141 g/mol. The van der Waals surface area contributed by atoms with Crippen LogP contribution in [-0.4, -0.2) is 18.1 Å². The molecule has 1 aliphatic heterocycles. The van der Waals surface area contributed by atoms with Crippen LogP contribution in [0.5, 0.6) is 0 Å². The average Bonchev–Trinajstić information content (AvgIpc) is 1.91. The van der Waals surface area contributed by atoms with Gasteiger partial charge >= 0.3 is 0 Å². The molecule has 0 spiro atoms. The third kappa shape index (κ3) is 2.28. The molecule has 9 heavy (non-hydrogen) atoms. The molecule has 0 saturated carbocycles. The van der Waals surface area contributed by atoms with E-state index in [1.165, 1.54) is 24.3 Å². The van der Waals surface area contributed by atoms with Crippen molar-refractivity contribution in [2.45, 2.75) is 12.8 Å². The lowest BCUT2D eigenvalue weighted by Gasteiger charge is -2.15. The van der Waals surface area contributed by atoms with E-state index in [1.807, 2.05) is 11.8 Å². The SMILES string of the molecule is [C-]#[N+]CC1CCCSC1. The van der Waals surface area contributed by atoms with Gasteiger partial charge in [0.15, 0.2) is 0 Å². The molecule has 1 nitrogen and oxygen atoms in total. The molecule has 1 heterocycles. The van der Waals surface area contributed by atoms with E-state index in [4.69, 9.17) is 6.57 Å². The summed E-state index contributed by atoms with van der Waals surface area (Å²) < 4.78 is 0. The summed E-state index contributed by atoms with van der Waals surface area (Å²) in [6.45, 7) is 7.41. The van der Waals surface area contributed by atoms with E-state index < -0.39 is 0 Å². The molecular formula is C7H11NS. The van der Waals surface area contributed by atoms with Crippen LogP contribution in [0.15, 0.2) is 0 Å². The minimum Gasteiger partial charge on any atom is -0.317 e. The summed E-state index contributed by atoms with van der Waals surface area (Å²) in [5.74, 6) is 3.25. The van der Waals surface area contributed by atoms with Crippen molar-refractivity contribution in [2.24, 2.45) is 5.92 Å². The van der Waals surface area contributed by atoms with Gasteiger partial charge in [0.1, 0.15) is 0 Å². The van der Waals surface area contributed by atoms with Crippen molar-refractivity contribution in [1.82, 2.24) is 0 Å². The summed E-state index contributed by atoms with van der Waals surface area (Å²) in [5, 5.41) is 0. The Kier molecular flexibility index (Phi) is 2.93. The van der Waals surface area contributed by atoms with Gasteiger partial charge in [0.05, 0.1) is 0 Å². The Balaban J connectivity index is 2.17. The highest BCUT2D eigenvalue weighted by molar-refractivity contribution is 7.99. The molecule has 1 fully saturated rings. The maximum absolute atomic E-state index is 6.65. The van der Waals surface area contributed by atoms with Gasteiger partial charge in [-0.25, -0.2) is 6.57 Å². The van der Waals surface area contributed by atoms with E-state index >= 15 is 0 Å². The number of hydrogen-bond donors (Lipinski definition) is 0. The monoisotopic (exact) mass is 141 g/mol. The summed E-state index contributed by atoms with van der Waals surface area (Å²) in [4.78, 5) is 3.40. The van der Waals surface area contributed by atoms with Crippen molar-refractivity contribution < 1.29 is 0 Å². The molecule has 1 atom stereocenters. The van der Waals surface area contributed by atoms with Crippen LogP contribution in [0.25, 0.3) is 4.85 Å².